The number of hydrogen-bond acceptors (Lipinski definition) is 7. The minimum Gasteiger partial charge on any atom is -0.467 e. The van der Waals surface area contributed by atoms with E-state index in [2.05, 4.69) is 34.2 Å². The van der Waals surface area contributed by atoms with Gasteiger partial charge in [0.2, 0.25) is 5.95 Å². The Hall–Kier alpha value is -2.41. The quantitative estimate of drug-likeness (QED) is 0.644. The lowest BCUT2D eigenvalue weighted by molar-refractivity contribution is 0.359. The molecule has 1 aromatic carbocycles. The number of nitrogens with two attached hydrogens (primary N) is 1. The van der Waals surface area contributed by atoms with Gasteiger partial charge < -0.3 is 9.47 Å². The molecule has 2 aromatic rings. The second-order valence-corrected chi connectivity index (χ2v) is 4.87. The zero-order valence-corrected chi connectivity index (χ0v) is 12.5. The monoisotopic (exact) mass is 289 g/mol. The first-order valence-corrected chi connectivity index (χ1v) is 6.58. The van der Waals surface area contributed by atoms with Crippen LogP contribution in [0.3, 0.4) is 0 Å². The molecule has 7 heteroatoms. The van der Waals surface area contributed by atoms with Crippen molar-refractivity contribution in [3.05, 3.63) is 29.3 Å². The summed E-state index contributed by atoms with van der Waals surface area (Å²) in [5.74, 6) is 6.53. The standard InChI is InChI=1S/C14H19N5O2/c1-8(2)10-6-5-9(3)7-11(10)21-14-17-12(19-15)16-13(18-14)20-4/h5-8H,15H2,1-4H3,(H,16,17,18,19). The number of benzene rings is 1. The van der Waals surface area contributed by atoms with Gasteiger partial charge in [-0.15, -0.1) is 4.98 Å². The zero-order valence-electron chi connectivity index (χ0n) is 12.5. The third-order valence-electron chi connectivity index (χ3n) is 2.90. The summed E-state index contributed by atoms with van der Waals surface area (Å²) in [6.07, 6.45) is 0. The lowest BCUT2D eigenvalue weighted by atomic mass is 10.0. The number of methoxy groups -OCH3 is 1. The topological polar surface area (TPSA) is 95.2 Å². The van der Waals surface area contributed by atoms with Gasteiger partial charge in [-0.25, -0.2) is 5.84 Å². The number of hydrazine groups is 1. The molecule has 7 nitrogen and oxygen atoms in total. The number of aromatic nitrogens is 3. The van der Waals surface area contributed by atoms with Crippen molar-refractivity contribution in [1.29, 1.82) is 0 Å². The Labute approximate surface area is 123 Å². The SMILES string of the molecule is COc1nc(NN)nc(Oc2cc(C)ccc2C(C)C)n1. The van der Waals surface area contributed by atoms with Crippen molar-refractivity contribution >= 4 is 5.95 Å². The molecule has 3 N–H and O–H groups in total. The van der Waals surface area contributed by atoms with Gasteiger partial charge in [-0.3, -0.25) is 5.43 Å². The summed E-state index contributed by atoms with van der Waals surface area (Å²) >= 11 is 0. The molecule has 0 unspecified atom stereocenters. The van der Waals surface area contributed by atoms with E-state index in [9.17, 15) is 0 Å². The zero-order chi connectivity index (χ0) is 15.4. The molecule has 21 heavy (non-hydrogen) atoms. The summed E-state index contributed by atoms with van der Waals surface area (Å²) in [5.41, 5.74) is 4.52. The summed E-state index contributed by atoms with van der Waals surface area (Å²) in [4.78, 5) is 12.1. The molecular weight excluding hydrogens is 270 g/mol. The summed E-state index contributed by atoms with van der Waals surface area (Å²) in [7, 11) is 1.46. The lowest BCUT2D eigenvalue weighted by Crippen LogP contribution is -2.12. The van der Waals surface area contributed by atoms with E-state index >= 15 is 0 Å². The van der Waals surface area contributed by atoms with E-state index in [1.807, 2.05) is 25.1 Å². The Morgan fingerprint density at radius 2 is 1.86 bits per heavy atom. The maximum atomic E-state index is 5.80. The molecule has 0 saturated heterocycles. The van der Waals surface area contributed by atoms with Crippen LogP contribution in [-0.4, -0.2) is 22.1 Å². The molecule has 0 aliphatic heterocycles. The van der Waals surface area contributed by atoms with Gasteiger partial charge >= 0.3 is 12.0 Å². The summed E-state index contributed by atoms with van der Waals surface area (Å²) in [5, 5.41) is 0. The molecule has 0 fully saturated rings. The highest BCUT2D eigenvalue weighted by atomic mass is 16.5. The first-order chi connectivity index (χ1) is 10.0. The highest BCUT2D eigenvalue weighted by molar-refractivity contribution is 5.41. The van der Waals surface area contributed by atoms with Crippen molar-refractivity contribution in [1.82, 2.24) is 15.0 Å². The van der Waals surface area contributed by atoms with E-state index in [-0.39, 0.29) is 18.0 Å². The van der Waals surface area contributed by atoms with Crippen molar-refractivity contribution in [2.24, 2.45) is 5.84 Å². The lowest BCUT2D eigenvalue weighted by Gasteiger charge is -2.14. The van der Waals surface area contributed by atoms with Crippen molar-refractivity contribution in [2.45, 2.75) is 26.7 Å². The van der Waals surface area contributed by atoms with Crippen LogP contribution < -0.4 is 20.7 Å². The molecule has 0 atom stereocenters. The number of aryl methyl sites for hydroxylation is 1. The summed E-state index contributed by atoms with van der Waals surface area (Å²) < 4.78 is 10.8. The van der Waals surface area contributed by atoms with Crippen LogP contribution in [0.15, 0.2) is 18.2 Å². The van der Waals surface area contributed by atoms with Crippen LogP contribution in [0.25, 0.3) is 0 Å². The average Bonchev–Trinajstić information content (AvgIpc) is 2.46. The van der Waals surface area contributed by atoms with Crippen LogP contribution in [0, 0.1) is 6.92 Å². The number of ether oxygens (including phenoxy) is 2. The van der Waals surface area contributed by atoms with Crippen LogP contribution in [0.5, 0.6) is 17.8 Å². The molecular formula is C14H19N5O2. The first-order valence-electron chi connectivity index (χ1n) is 6.58. The minimum atomic E-state index is 0.127. The largest absolute Gasteiger partial charge is 0.467 e. The average molecular weight is 289 g/mol. The molecule has 0 bridgehead atoms. The third-order valence-corrected chi connectivity index (χ3v) is 2.90. The normalized spacial score (nSPS) is 10.6. The molecule has 0 radical (unpaired) electrons. The minimum absolute atomic E-state index is 0.127. The third kappa shape index (κ3) is 3.57. The number of hydrogen-bond donors (Lipinski definition) is 2. The maximum Gasteiger partial charge on any atom is 0.330 e. The van der Waals surface area contributed by atoms with Gasteiger partial charge in [0.15, 0.2) is 0 Å². The van der Waals surface area contributed by atoms with E-state index in [1.165, 1.54) is 7.11 Å². The van der Waals surface area contributed by atoms with Crippen molar-refractivity contribution in [3.63, 3.8) is 0 Å². The van der Waals surface area contributed by atoms with Gasteiger partial charge in [0.1, 0.15) is 5.75 Å². The molecule has 0 aliphatic carbocycles. The van der Waals surface area contributed by atoms with E-state index < -0.39 is 0 Å². The van der Waals surface area contributed by atoms with Gasteiger partial charge in [0.25, 0.3) is 0 Å². The van der Waals surface area contributed by atoms with Crippen molar-refractivity contribution in [2.75, 3.05) is 12.5 Å². The van der Waals surface area contributed by atoms with E-state index in [0.29, 0.717) is 11.7 Å². The van der Waals surface area contributed by atoms with Crippen LogP contribution >= 0.6 is 0 Å². The number of rotatable bonds is 5. The van der Waals surface area contributed by atoms with Gasteiger partial charge in [-0.1, -0.05) is 26.0 Å². The van der Waals surface area contributed by atoms with E-state index in [1.54, 1.807) is 0 Å². The molecule has 0 saturated carbocycles. The number of nitrogen functional groups attached to an aromatic ring is 1. The van der Waals surface area contributed by atoms with Crippen LogP contribution in [0.2, 0.25) is 0 Å². The van der Waals surface area contributed by atoms with Crippen molar-refractivity contribution < 1.29 is 9.47 Å². The van der Waals surface area contributed by atoms with E-state index in [4.69, 9.17) is 15.3 Å². The molecule has 1 heterocycles. The van der Waals surface area contributed by atoms with E-state index in [0.717, 1.165) is 11.1 Å². The second kappa shape index (κ2) is 6.36. The Kier molecular flexibility index (Phi) is 4.54. The fourth-order valence-corrected chi connectivity index (χ4v) is 1.84. The van der Waals surface area contributed by atoms with Gasteiger partial charge in [-0.2, -0.15) is 9.97 Å². The predicted octanol–water partition coefficient (Wildman–Crippen LogP) is 2.39. The Balaban J connectivity index is 2.39. The number of nitrogens with one attached hydrogen (secondary N) is 1. The molecule has 1 aromatic heterocycles. The molecule has 2 rings (SSSR count). The number of anilines is 1. The Bertz CT molecular complexity index is 609. The van der Waals surface area contributed by atoms with Gasteiger partial charge in [-0.05, 0) is 30.0 Å². The Morgan fingerprint density at radius 1 is 1.14 bits per heavy atom. The summed E-state index contributed by atoms with van der Waals surface area (Å²) in [6.45, 7) is 6.19. The fourth-order valence-electron chi connectivity index (χ4n) is 1.84. The highest BCUT2D eigenvalue weighted by Gasteiger charge is 2.13. The second-order valence-electron chi connectivity index (χ2n) is 4.87. The van der Waals surface area contributed by atoms with Gasteiger partial charge in [0, 0.05) is 0 Å². The molecule has 0 aliphatic rings. The summed E-state index contributed by atoms with van der Waals surface area (Å²) in [6, 6.07) is 6.29. The first kappa shape index (κ1) is 15.0. The predicted molar refractivity (Wildman–Crippen MR) is 79.5 cm³/mol. The van der Waals surface area contributed by atoms with Crippen LogP contribution in [0.4, 0.5) is 5.95 Å². The van der Waals surface area contributed by atoms with Crippen LogP contribution in [-0.2, 0) is 0 Å². The molecule has 0 spiro atoms. The number of nitrogens with zero attached hydrogens (tertiary/aromatic N) is 3. The smallest absolute Gasteiger partial charge is 0.330 e. The van der Waals surface area contributed by atoms with Gasteiger partial charge in [0.05, 0.1) is 7.11 Å². The molecule has 0 amide bonds. The van der Waals surface area contributed by atoms with Crippen molar-refractivity contribution in [3.8, 4) is 17.8 Å². The fraction of sp³-hybridized carbons (Fsp3) is 0.357. The Morgan fingerprint density at radius 3 is 2.48 bits per heavy atom. The molecule has 112 valence electrons. The maximum absolute atomic E-state index is 5.80. The highest BCUT2D eigenvalue weighted by Crippen LogP contribution is 2.30. The van der Waals surface area contributed by atoms with Crippen LogP contribution in [0.1, 0.15) is 30.9 Å².